The minimum atomic E-state index is -0.750. The lowest BCUT2D eigenvalue weighted by atomic mass is 10.0. The molecule has 1 aromatic heterocycles. The Kier molecular flexibility index (Phi) is 6.40. The predicted molar refractivity (Wildman–Crippen MR) is 84.4 cm³/mol. The predicted octanol–water partition coefficient (Wildman–Crippen LogP) is 2.38. The number of esters is 1. The van der Waals surface area contributed by atoms with Crippen LogP contribution in [0.2, 0.25) is 0 Å². The Balaban J connectivity index is 3.03. The van der Waals surface area contributed by atoms with E-state index in [1.807, 2.05) is 25.5 Å². The lowest BCUT2D eigenvalue weighted by Gasteiger charge is -2.29. The fourth-order valence-corrected chi connectivity index (χ4v) is 2.58. The topological polar surface area (TPSA) is 56.2 Å². The molecule has 1 rings (SSSR count). The molecule has 1 aromatic rings. The van der Waals surface area contributed by atoms with Crippen LogP contribution in [-0.2, 0) is 22.5 Å². The van der Waals surface area contributed by atoms with Crippen LogP contribution in [0.3, 0.4) is 0 Å². The molecule has 0 aromatic carbocycles. The fraction of sp³-hybridized carbons (Fsp3) is 0.750. The number of rotatable bonds is 8. The van der Waals surface area contributed by atoms with Gasteiger partial charge in [0.2, 0.25) is 0 Å². The first kappa shape index (κ1) is 17.7. The highest BCUT2D eigenvalue weighted by Gasteiger charge is 2.35. The van der Waals surface area contributed by atoms with Crippen molar-refractivity contribution in [2.45, 2.75) is 66.5 Å². The van der Waals surface area contributed by atoms with Gasteiger partial charge >= 0.3 is 5.97 Å². The SMILES string of the molecule is CCCNC(C)(Cn1nc(C)c(CC)c1C)C(=O)OCC. The Bertz CT molecular complexity index is 482. The first-order chi connectivity index (χ1) is 9.89. The van der Waals surface area contributed by atoms with Crippen LogP contribution in [0.25, 0.3) is 0 Å². The summed E-state index contributed by atoms with van der Waals surface area (Å²) in [7, 11) is 0. The van der Waals surface area contributed by atoms with Gasteiger partial charge in [-0.3, -0.25) is 4.68 Å². The van der Waals surface area contributed by atoms with Gasteiger partial charge in [0.15, 0.2) is 0 Å². The standard InChI is InChI=1S/C16H29N3O2/c1-7-10-17-16(6,15(20)21-9-3)11-19-13(5)14(8-2)12(4)18-19/h17H,7-11H2,1-6H3. The molecule has 0 aliphatic heterocycles. The average Bonchev–Trinajstić information content (AvgIpc) is 2.70. The molecular formula is C16H29N3O2. The second-order valence-corrected chi connectivity index (χ2v) is 5.64. The Morgan fingerprint density at radius 1 is 1.33 bits per heavy atom. The summed E-state index contributed by atoms with van der Waals surface area (Å²) in [5.41, 5.74) is 2.68. The van der Waals surface area contributed by atoms with Crippen molar-refractivity contribution < 1.29 is 9.53 Å². The van der Waals surface area contributed by atoms with Crippen LogP contribution in [-0.4, -0.2) is 34.4 Å². The molecule has 5 heteroatoms. The summed E-state index contributed by atoms with van der Waals surface area (Å²) >= 11 is 0. The van der Waals surface area contributed by atoms with E-state index in [9.17, 15) is 4.79 Å². The number of carbonyl (C=O) groups excluding carboxylic acids is 1. The molecule has 0 amide bonds. The minimum Gasteiger partial charge on any atom is -0.465 e. The molecule has 0 saturated heterocycles. The summed E-state index contributed by atoms with van der Waals surface area (Å²) in [5, 5.41) is 7.90. The van der Waals surface area contributed by atoms with E-state index in [4.69, 9.17) is 4.74 Å². The number of ether oxygens (including phenoxy) is 1. The lowest BCUT2D eigenvalue weighted by molar-refractivity contribution is -0.151. The summed E-state index contributed by atoms with van der Waals surface area (Å²) in [5.74, 6) is -0.218. The zero-order chi connectivity index (χ0) is 16.0. The van der Waals surface area contributed by atoms with Gasteiger partial charge in [-0.2, -0.15) is 5.10 Å². The van der Waals surface area contributed by atoms with Crippen molar-refractivity contribution >= 4 is 5.97 Å². The molecule has 5 nitrogen and oxygen atoms in total. The van der Waals surface area contributed by atoms with Gasteiger partial charge in [0.05, 0.1) is 18.8 Å². The van der Waals surface area contributed by atoms with Gasteiger partial charge in [-0.15, -0.1) is 0 Å². The second kappa shape index (κ2) is 7.59. The van der Waals surface area contributed by atoms with E-state index in [2.05, 4.69) is 31.2 Å². The maximum atomic E-state index is 12.3. The average molecular weight is 295 g/mol. The Morgan fingerprint density at radius 3 is 2.48 bits per heavy atom. The molecule has 1 heterocycles. The van der Waals surface area contributed by atoms with E-state index in [1.54, 1.807) is 0 Å². The Morgan fingerprint density at radius 2 is 2.00 bits per heavy atom. The molecule has 21 heavy (non-hydrogen) atoms. The van der Waals surface area contributed by atoms with Crippen LogP contribution in [0.5, 0.6) is 0 Å². The third-order valence-corrected chi connectivity index (χ3v) is 3.84. The lowest BCUT2D eigenvalue weighted by Crippen LogP contribution is -2.54. The molecule has 1 atom stereocenters. The first-order valence-corrected chi connectivity index (χ1v) is 7.84. The van der Waals surface area contributed by atoms with Crippen LogP contribution in [0.15, 0.2) is 0 Å². The molecule has 0 saturated carbocycles. The summed E-state index contributed by atoms with van der Waals surface area (Å²) in [6.45, 7) is 13.7. The van der Waals surface area contributed by atoms with Gasteiger partial charge in [-0.05, 0) is 52.6 Å². The van der Waals surface area contributed by atoms with Gasteiger partial charge in [-0.1, -0.05) is 13.8 Å². The van der Waals surface area contributed by atoms with Crippen LogP contribution < -0.4 is 5.32 Å². The molecule has 120 valence electrons. The quantitative estimate of drug-likeness (QED) is 0.748. The van der Waals surface area contributed by atoms with Crippen molar-refractivity contribution in [2.24, 2.45) is 0 Å². The van der Waals surface area contributed by atoms with Gasteiger partial charge in [-0.25, -0.2) is 4.79 Å². The molecule has 0 aliphatic carbocycles. The fourth-order valence-electron chi connectivity index (χ4n) is 2.58. The number of aromatic nitrogens is 2. The zero-order valence-electron chi connectivity index (χ0n) is 14.2. The highest BCUT2D eigenvalue weighted by atomic mass is 16.5. The van der Waals surface area contributed by atoms with Crippen molar-refractivity contribution in [3.05, 3.63) is 17.0 Å². The number of nitrogens with one attached hydrogen (secondary N) is 1. The van der Waals surface area contributed by atoms with Gasteiger partial charge in [0.25, 0.3) is 0 Å². The number of hydrogen-bond donors (Lipinski definition) is 1. The van der Waals surface area contributed by atoms with Crippen molar-refractivity contribution in [1.82, 2.24) is 15.1 Å². The summed E-state index contributed by atoms with van der Waals surface area (Å²) in [6.07, 6.45) is 1.92. The van der Waals surface area contributed by atoms with Gasteiger partial charge in [0.1, 0.15) is 5.54 Å². The molecule has 0 bridgehead atoms. The maximum absolute atomic E-state index is 12.3. The van der Waals surface area contributed by atoms with Gasteiger partial charge < -0.3 is 10.1 Å². The molecular weight excluding hydrogens is 266 g/mol. The highest BCUT2D eigenvalue weighted by Crippen LogP contribution is 2.18. The van der Waals surface area contributed by atoms with Crippen LogP contribution in [0.4, 0.5) is 0 Å². The number of aryl methyl sites for hydroxylation is 1. The van der Waals surface area contributed by atoms with Crippen LogP contribution in [0, 0.1) is 13.8 Å². The van der Waals surface area contributed by atoms with Crippen molar-refractivity contribution in [3.8, 4) is 0 Å². The van der Waals surface area contributed by atoms with Crippen LogP contribution >= 0.6 is 0 Å². The van der Waals surface area contributed by atoms with Crippen molar-refractivity contribution in [3.63, 3.8) is 0 Å². The summed E-state index contributed by atoms with van der Waals surface area (Å²) in [4.78, 5) is 12.3. The summed E-state index contributed by atoms with van der Waals surface area (Å²) in [6, 6.07) is 0. The Labute approximate surface area is 128 Å². The van der Waals surface area contributed by atoms with Crippen molar-refractivity contribution in [1.29, 1.82) is 0 Å². The number of carbonyl (C=O) groups is 1. The maximum Gasteiger partial charge on any atom is 0.327 e. The molecule has 1 unspecified atom stereocenters. The normalized spacial score (nSPS) is 14.0. The smallest absolute Gasteiger partial charge is 0.327 e. The van der Waals surface area contributed by atoms with E-state index >= 15 is 0 Å². The minimum absolute atomic E-state index is 0.218. The molecule has 0 aliphatic rings. The van der Waals surface area contributed by atoms with E-state index in [0.29, 0.717) is 13.2 Å². The number of hydrogen-bond acceptors (Lipinski definition) is 4. The van der Waals surface area contributed by atoms with Gasteiger partial charge in [0, 0.05) is 5.69 Å². The monoisotopic (exact) mass is 295 g/mol. The molecule has 1 N–H and O–H groups in total. The van der Waals surface area contributed by atoms with E-state index < -0.39 is 5.54 Å². The zero-order valence-corrected chi connectivity index (χ0v) is 14.2. The summed E-state index contributed by atoms with van der Waals surface area (Å²) < 4.78 is 7.16. The van der Waals surface area contributed by atoms with Crippen LogP contribution in [0.1, 0.15) is 51.1 Å². The molecule has 0 fully saturated rings. The van der Waals surface area contributed by atoms with E-state index in [1.165, 1.54) is 5.56 Å². The van der Waals surface area contributed by atoms with E-state index in [-0.39, 0.29) is 5.97 Å². The molecule has 0 radical (unpaired) electrons. The van der Waals surface area contributed by atoms with E-state index in [0.717, 1.165) is 30.8 Å². The number of nitrogens with zero attached hydrogens (tertiary/aromatic N) is 2. The highest BCUT2D eigenvalue weighted by molar-refractivity contribution is 5.80. The van der Waals surface area contributed by atoms with Crippen molar-refractivity contribution in [2.75, 3.05) is 13.2 Å². The second-order valence-electron chi connectivity index (χ2n) is 5.64. The third kappa shape index (κ3) is 4.06. The first-order valence-electron chi connectivity index (χ1n) is 7.84. The Hall–Kier alpha value is -1.36. The molecule has 0 spiro atoms. The largest absolute Gasteiger partial charge is 0.465 e. The third-order valence-electron chi connectivity index (χ3n) is 3.84.